The third-order valence-corrected chi connectivity index (χ3v) is 3.51. The summed E-state index contributed by atoms with van der Waals surface area (Å²) in [7, 11) is 0. The number of aryl methyl sites for hydroxylation is 1. The van der Waals surface area contributed by atoms with Crippen LogP contribution in [0.1, 0.15) is 28.9 Å². The minimum absolute atomic E-state index is 0.121. The van der Waals surface area contributed by atoms with Gasteiger partial charge in [-0.1, -0.05) is 0 Å². The van der Waals surface area contributed by atoms with Gasteiger partial charge in [-0.05, 0) is 6.92 Å². The molecular weight excluding hydrogens is 242 g/mol. The molecule has 2 N–H and O–H groups in total. The Morgan fingerprint density at radius 2 is 2.26 bits per heavy atom. The van der Waals surface area contributed by atoms with E-state index in [-0.39, 0.29) is 6.04 Å². The molecule has 1 aliphatic heterocycles. The molecule has 7 heteroatoms. The van der Waals surface area contributed by atoms with Crippen molar-refractivity contribution in [3.63, 3.8) is 0 Å². The summed E-state index contributed by atoms with van der Waals surface area (Å²) < 4.78 is 1.93. The molecule has 0 aliphatic carbocycles. The molecule has 4 heterocycles. The monoisotopic (exact) mass is 255 g/mol. The Bertz CT molecular complexity index is 741. The van der Waals surface area contributed by atoms with E-state index in [1.54, 1.807) is 12.7 Å². The molecule has 19 heavy (non-hydrogen) atoms. The number of H-pyrrole nitrogens is 1. The van der Waals surface area contributed by atoms with E-state index in [0.717, 1.165) is 41.5 Å². The van der Waals surface area contributed by atoms with Crippen LogP contribution in [0.3, 0.4) is 0 Å². The standard InChI is InChI=1S/C12H13N7/c1-7-2-11-17-18-12(19(11)6-16-7)9-3-8-10(4-13-9)15-5-14-8/h2,5-6,9,13H,3-4H2,1H3,(H,14,15). The maximum atomic E-state index is 4.34. The normalized spacial score (nSPS) is 18.7. The smallest absolute Gasteiger partial charge is 0.163 e. The molecule has 0 saturated carbocycles. The topological polar surface area (TPSA) is 83.8 Å². The van der Waals surface area contributed by atoms with Crippen molar-refractivity contribution in [1.29, 1.82) is 0 Å². The highest BCUT2D eigenvalue weighted by molar-refractivity contribution is 5.38. The van der Waals surface area contributed by atoms with Crippen LogP contribution in [0.2, 0.25) is 0 Å². The van der Waals surface area contributed by atoms with Crippen LogP contribution in [-0.4, -0.2) is 29.5 Å². The van der Waals surface area contributed by atoms with Crippen molar-refractivity contribution < 1.29 is 0 Å². The second kappa shape index (κ2) is 3.86. The van der Waals surface area contributed by atoms with Crippen LogP contribution in [0.4, 0.5) is 0 Å². The first-order valence-corrected chi connectivity index (χ1v) is 6.23. The van der Waals surface area contributed by atoms with Crippen molar-refractivity contribution in [3.8, 4) is 0 Å². The summed E-state index contributed by atoms with van der Waals surface area (Å²) in [4.78, 5) is 11.8. The van der Waals surface area contributed by atoms with Gasteiger partial charge in [-0.15, -0.1) is 10.2 Å². The fourth-order valence-corrected chi connectivity index (χ4v) is 2.50. The maximum absolute atomic E-state index is 4.34. The molecule has 3 aromatic heterocycles. The predicted octanol–water partition coefficient (Wildman–Crippen LogP) is 0.543. The first-order valence-electron chi connectivity index (χ1n) is 6.23. The van der Waals surface area contributed by atoms with Gasteiger partial charge in [0, 0.05) is 24.7 Å². The lowest BCUT2D eigenvalue weighted by Crippen LogP contribution is -2.30. The summed E-state index contributed by atoms with van der Waals surface area (Å²) in [5.74, 6) is 0.885. The quantitative estimate of drug-likeness (QED) is 0.663. The SMILES string of the molecule is Cc1cc2nnc(C3Cc4nc[nH]c4CN3)n2cn1. The summed E-state index contributed by atoms with van der Waals surface area (Å²) in [5, 5.41) is 11.9. The molecule has 1 aliphatic rings. The van der Waals surface area contributed by atoms with Gasteiger partial charge in [0.2, 0.25) is 0 Å². The summed E-state index contributed by atoms with van der Waals surface area (Å²) in [6.45, 7) is 2.72. The van der Waals surface area contributed by atoms with Crippen molar-refractivity contribution in [2.75, 3.05) is 0 Å². The molecule has 0 spiro atoms. The van der Waals surface area contributed by atoms with Crippen molar-refractivity contribution in [2.24, 2.45) is 0 Å². The van der Waals surface area contributed by atoms with Gasteiger partial charge in [-0.2, -0.15) is 0 Å². The largest absolute Gasteiger partial charge is 0.347 e. The zero-order chi connectivity index (χ0) is 12.8. The van der Waals surface area contributed by atoms with Gasteiger partial charge < -0.3 is 10.3 Å². The zero-order valence-corrected chi connectivity index (χ0v) is 10.5. The maximum Gasteiger partial charge on any atom is 0.163 e. The van der Waals surface area contributed by atoms with E-state index >= 15 is 0 Å². The van der Waals surface area contributed by atoms with E-state index in [1.807, 2.05) is 17.4 Å². The van der Waals surface area contributed by atoms with Gasteiger partial charge in [0.1, 0.15) is 6.33 Å². The van der Waals surface area contributed by atoms with E-state index in [2.05, 4.69) is 30.5 Å². The fraction of sp³-hybridized carbons (Fsp3) is 0.333. The molecule has 0 radical (unpaired) electrons. The lowest BCUT2D eigenvalue weighted by Gasteiger charge is -2.21. The number of imidazole rings is 1. The van der Waals surface area contributed by atoms with Crippen LogP contribution in [0, 0.1) is 6.92 Å². The number of hydrogen-bond donors (Lipinski definition) is 2. The summed E-state index contributed by atoms with van der Waals surface area (Å²) in [6, 6.07) is 2.05. The van der Waals surface area contributed by atoms with Gasteiger partial charge in [-0.25, -0.2) is 9.97 Å². The first-order chi connectivity index (χ1) is 9.31. The Morgan fingerprint density at radius 1 is 1.32 bits per heavy atom. The third-order valence-electron chi connectivity index (χ3n) is 3.51. The molecule has 3 aromatic rings. The van der Waals surface area contributed by atoms with E-state index in [4.69, 9.17) is 0 Å². The second-order valence-electron chi connectivity index (χ2n) is 4.78. The number of hydrogen-bond acceptors (Lipinski definition) is 5. The summed E-state index contributed by atoms with van der Waals surface area (Å²) in [6.07, 6.45) is 4.33. The van der Waals surface area contributed by atoms with Crippen molar-refractivity contribution in [1.82, 2.24) is 34.9 Å². The van der Waals surface area contributed by atoms with Crippen LogP contribution >= 0.6 is 0 Å². The Balaban J connectivity index is 1.76. The van der Waals surface area contributed by atoms with E-state index in [9.17, 15) is 0 Å². The van der Waals surface area contributed by atoms with Crippen LogP contribution < -0.4 is 5.32 Å². The molecule has 0 bridgehead atoms. The average molecular weight is 255 g/mol. The Morgan fingerprint density at radius 3 is 3.21 bits per heavy atom. The average Bonchev–Trinajstić information content (AvgIpc) is 3.02. The number of fused-ring (bicyclic) bond motifs is 2. The minimum atomic E-state index is 0.121. The van der Waals surface area contributed by atoms with Crippen LogP contribution in [0.15, 0.2) is 18.7 Å². The van der Waals surface area contributed by atoms with Crippen LogP contribution in [0.25, 0.3) is 5.65 Å². The van der Waals surface area contributed by atoms with E-state index in [1.165, 1.54) is 0 Å². The van der Waals surface area contributed by atoms with Gasteiger partial charge in [-0.3, -0.25) is 4.40 Å². The van der Waals surface area contributed by atoms with Crippen molar-refractivity contribution in [3.05, 3.63) is 41.6 Å². The highest BCUT2D eigenvalue weighted by Crippen LogP contribution is 2.22. The molecular formula is C12H13N7. The van der Waals surface area contributed by atoms with Crippen LogP contribution in [-0.2, 0) is 13.0 Å². The molecule has 1 unspecified atom stereocenters. The van der Waals surface area contributed by atoms with E-state index in [0.29, 0.717) is 0 Å². The van der Waals surface area contributed by atoms with Crippen molar-refractivity contribution in [2.45, 2.75) is 25.9 Å². The molecule has 0 saturated heterocycles. The van der Waals surface area contributed by atoms with Gasteiger partial charge >= 0.3 is 0 Å². The number of nitrogens with one attached hydrogen (secondary N) is 2. The molecule has 0 aromatic carbocycles. The predicted molar refractivity (Wildman–Crippen MR) is 67.4 cm³/mol. The molecule has 1 atom stereocenters. The summed E-state index contributed by atoms with van der Waals surface area (Å²) in [5.41, 5.74) is 4.02. The lowest BCUT2D eigenvalue weighted by atomic mass is 10.1. The third kappa shape index (κ3) is 1.62. The van der Waals surface area contributed by atoms with Crippen LogP contribution in [0.5, 0.6) is 0 Å². The van der Waals surface area contributed by atoms with E-state index < -0.39 is 0 Å². The van der Waals surface area contributed by atoms with Gasteiger partial charge in [0.25, 0.3) is 0 Å². The highest BCUT2D eigenvalue weighted by atomic mass is 15.3. The van der Waals surface area contributed by atoms with Gasteiger partial charge in [0.05, 0.1) is 23.8 Å². The Kier molecular flexibility index (Phi) is 2.16. The molecule has 4 rings (SSSR count). The number of nitrogens with zero attached hydrogens (tertiary/aromatic N) is 5. The van der Waals surface area contributed by atoms with Crippen molar-refractivity contribution >= 4 is 5.65 Å². The zero-order valence-electron chi connectivity index (χ0n) is 10.5. The van der Waals surface area contributed by atoms with Gasteiger partial charge in [0.15, 0.2) is 11.5 Å². The number of aromatic nitrogens is 6. The minimum Gasteiger partial charge on any atom is -0.347 e. The Labute approximate surface area is 109 Å². The number of aromatic amines is 1. The summed E-state index contributed by atoms with van der Waals surface area (Å²) >= 11 is 0. The number of rotatable bonds is 1. The first kappa shape index (κ1) is 10.6. The molecule has 7 nitrogen and oxygen atoms in total. The second-order valence-corrected chi connectivity index (χ2v) is 4.78. The Hall–Kier alpha value is -2.28. The molecule has 96 valence electrons. The molecule has 0 amide bonds. The lowest BCUT2D eigenvalue weighted by molar-refractivity contribution is 0.464. The fourth-order valence-electron chi connectivity index (χ4n) is 2.50. The molecule has 0 fully saturated rings. The highest BCUT2D eigenvalue weighted by Gasteiger charge is 2.25.